The zero-order valence-electron chi connectivity index (χ0n) is 21.8. The zero-order valence-corrected chi connectivity index (χ0v) is 22.8. The molecular weight excluding hydrogens is 472 g/mol. The second kappa shape index (κ2) is 10.3. The number of aliphatic hydroxyl groups excluding tert-OH is 1. The highest BCUT2D eigenvalue weighted by Gasteiger charge is 2.21. The van der Waals surface area contributed by atoms with Crippen molar-refractivity contribution in [2.24, 2.45) is 7.05 Å². The maximum absolute atomic E-state index is 12.3. The van der Waals surface area contributed by atoms with Crippen molar-refractivity contribution < 1.29 is 14.6 Å². The number of nitrogens with zero attached hydrogens (tertiary/aromatic N) is 6. The molecular formula is C26H34N6O3Si. The molecule has 10 heteroatoms. The van der Waals surface area contributed by atoms with E-state index in [2.05, 4.69) is 42.0 Å². The van der Waals surface area contributed by atoms with E-state index in [0.717, 1.165) is 46.1 Å². The first-order valence-electron chi connectivity index (χ1n) is 11.9. The van der Waals surface area contributed by atoms with Crippen molar-refractivity contribution in [2.75, 3.05) is 20.7 Å². The lowest BCUT2D eigenvalue weighted by molar-refractivity contribution is -0.137. The first-order chi connectivity index (χ1) is 17.0. The van der Waals surface area contributed by atoms with E-state index in [0.29, 0.717) is 12.3 Å². The van der Waals surface area contributed by atoms with E-state index >= 15 is 0 Å². The molecule has 36 heavy (non-hydrogen) atoms. The molecule has 4 rings (SSSR count). The monoisotopic (exact) mass is 506 g/mol. The Balaban J connectivity index is 1.71. The van der Waals surface area contributed by atoms with Crippen LogP contribution in [-0.4, -0.2) is 69.0 Å². The summed E-state index contributed by atoms with van der Waals surface area (Å²) in [5.74, 6) is -0.396. The molecule has 4 aromatic heterocycles. The smallest absolute Gasteiger partial charge is 0.255 e. The van der Waals surface area contributed by atoms with Crippen LogP contribution in [0, 0.1) is 0 Å². The molecule has 4 aromatic rings. The fourth-order valence-corrected chi connectivity index (χ4v) is 4.72. The van der Waals surface area contributed by atoms with E-state index in [1.165, 1.54) is 11.1 Å². The standard InChI is InChI=1S/C26H34N6O3Si/c1-30(2)26(34)24(33)20-11-18(13-27-14-20)19-12-21-22(23-7-8-29-31(23)3)16-32(25(21)28-15-19)17-35-9-10-36(4,5)6/h7-8,11-16,24,33H,9-10,17H2,1-6H3. The van der Waals surface area contributed by atoms with Crippen LogP contribution in [0.5, 0.6) is 0 Å². The van der Waals surface area contributed by atoms with Crippen molar-refractivity contribution in [3.63, 3.8) is 0 Å². The first kappa shape index (κ1) is 25.7. The Morgan fingerprint density at radius 2 is 1.92 bits per heavy atom. The molecule has 1 atom stereocenters. The molecule has 0 saturated heterocycles. The zero-order chi connectivity index (χ0) is 26.0. The fourth-order valence-electron chi connectivity index (χ4n) is 3.96. The van der Waals surface area contributed by atoms with Gasteiger partial charge in [0.05, 0.1) is 5.69 Å². The van der Waals surface area contributed by atoms with Crippen LogP contribution in [0.25, 0.3) is 33.4 Å². The van der Waals surface area contributed by atoms with Gasteiger partial charge in [-0.2, -0.15) is 5.10 Å². The number of aryl methyl sites for hydroxylation is 1. The Kier molecular flexibility index (Phi) is 7.39. The minimum absolute atomic E-state index is 0.396. The Bertz CT molecular complexity index is 1370. The maximum Gasteiger partial charge on any atom is 0.255 e. The van der Waals surface area contributed by atoms with Crippen LogP contribution in [0.2, 0.25) is 25.7 Å². The number of hydrogen-bond donors (Lipinski definition) is 1. The highest BCUT2D eigenvalue weighted by Crippen LogP contribution is 2.33. The minimum atomic E-state index is -1.27. The van der Waals surface area contributed by atoms with Crippen LogP contribution in [0.3, 0.4) is 0 Å². The van der Waals surface area contributed by atoms with Gasteiger partial charge >= 0.3 is 0 Å². The van der Waals surface area contributed by atoms with Gasteiger partial charge in [0, 0.05) is 94.4 Å². The number of pyridine rings is 2. The molecule has 0 aliphatic carbocycles. The summed E-state index contributed by atoms with van der Waals surface area (Å²) < 4.78 is 9.89. The number of likely N-dealkylation sites (N-methyl/N-ethyl adjacent to an activating group) is 1. The summed E-state index contributed by atoms with van der Waals surface area (Å²) >= 11 is 0. The number of carbonyl (C=O) groups excluding carboxylic acids is 1. The third kappa shape index (κ3) is 5.56. The summed E-state index contributed by atoms with van der Waals surface area (Å²) in [4.78, 5) is 22.7. The third-order valence-electron chi connectivity index (χ3n) is 6.12. The molecule has 190 valence electrons. The average Bonchev–Trinajstić information content (AvgIpc) is 3.42. The van der Waals surface area contributed by atoms with E-state index in [4.69, 9.17) is 9.72 Å². The minimum Gasteiger partial charge on any atom is -0.378 e. The van der Waals surface area contributed by atoms with Gasteiger partial charge in [-0.25, -0.2) is 4.98 Å². The fraction of sp³-hybridized carbons (Fsp3) is 0.385. The van der Waals surface area contributed by atoms with E-state index in [-0.39, 0.29) is 0 Å². The lowest BCUT2D eigenvalue weighted by Crippen LogP contribution is -2.28. The molecule has 0 spiro atoms. The van der Waals surface area contributed by atoms with Gasteiger partial charge in [0.15, 0.2) is 6.10 Å². The molecule has 0 aliphatic rings. The molecule has 0 bridgehead atoms. The second-order valence-electron chi connectivity index (χ2n) is 10.4. The van der Waals surface area contributed by atoms with E-state index in [1.807, 2.05) is 22.4 Å². The van der Waals surface area contributed by atoms with Crippen molar-refractivity contribution in [3.05, 3.63) is 54.7 Å². The van der Waals surface area contributed by atoms with Gasteiger partial charge in [-0.05, 0) is 24.2 Å². The van der Waals surface area contributed by atoms with Crippen LogP contribution in [0.15, 0.2) is 49.2 Å². The molecule has 0 saturated carbocycles. The van der Waals surface area contributed by atoms with Gasteiger partial charge in [0.2, 0.25) is 0 Å². The number of hydrogen-bond acceptors (Lipinski definition) is 6. The highest BCUT2D eigenvalue weighted by molar-refractivity contribution is 6.76. The van der Waals surface area contributed by atoms with Crippen LogP contribution in [0.4, 0.5) is 0 Å². The summed E-state index contributed by atoms with van der Waals surface area (Å²) in [5, 5.41) is 15.8. The highest BCUT2D eigenvalue weighted by atomic mass is 28.3. The quantitative estimate of drug-likeness (QED) is 0.273. The maximum atomic E-state index is 12.3. The number of ether oxygens (including phenoxy) is 1. The molecule has 1 N–H and O–H groups in total. The number of fused-ring (bicyclic) bond motifs is 1. The normalized spacial score (nSPS) is 12.8. The molecule has 0 radical (unpaired) electrons. The van der Waals surface area contributed by atoms with Gasteiger partial charge in [0.25, 0.3) is 5.91 Å². The molecule has 1 unspecified atom stereocenters. The van der Waals surface area contributed by atoms with Crippen LogP contribution in [0.1, 0.15) is 11.7 Å². The van der Waals surface area contributed by atoms with Gasteiger partial charge < -0.3 is 19.3 Å². The summed E-state index contributed by atoms with van der Waals surface area (Å²) in [7, 11) is 3.96. The molecule has 4 heterocycles. The van der Waals surface area contributed by atoms with E-state index in [1.54, 1.807) is 38.8 Å². The van der Waals surface area contributed by atoms with Gasteiger partial charge in [0.1, 0.15) is 12.4 Å². The SMILES string of the molecule is CN(C)C(=O)C(O)c1cncc(-c2cnc3c(c2)c(-c2ccnn2C)cn3COCC[Si](C)(C)C)c1. The number of aliphatic hydroxyl groups is 1. The second-order valence-corrected chi connectivity index (χ2v) is 16.1. The van der Waals surface area contributed by atoms with Crippen molar-refractivity contribution in [3.8, 4) is 22.4 Å². The summed E-state index contributed by atoms with van der Waals surface area (Å²) in [6, 6.07) is 6.92. The molecule has 0 aliphatic heterocycles. The van der Waals surface area contributed by atoms with Crippen molar-refractivity contribution >= 4 is 25.0 Å². The molecule has 0 aromatic carbocycles. The number of aromatic nitrogens is 5. The predicted octanol–water partition coefficient (Wildman–Crippen LogP) is 3.93. The summed E-state index contributed by atoms with van der Waals surface area (Å²) in [6.45, 7) is 8.15. The Hall–Kier alpha value is -3.34. The molecule has 9 nitrogen and oxygen atoms in total. The number of carbonyl (C=O) groups is 1. The van der Waals surface area contributed by atoms with E-state index < -0.39 is 20.1 Å². The lowest BCUT2D eigenvalue weighted by atomic mass is 10.0. The van der Waals surface area contributed by atoms with Gasteiger partial charge in [-0.15, -0.1) is 0 Å². The van der Waals surface area contributed by atoms with Crippen LogP contribution >= 0.6 is 0 Å². The van der Waals surface area contributed by atoms with Crippen LogP contribution in [-0.2, 0) is 23.3 Å². The number of rotatable bonds is 9. The Labute approximate surface area is 212 Å². The molecule has 1 amide bonds. The third-order valence-corrected chi connectivity index (χ3v) is 7.82. The van der Waals surface area contributed by atoms with Crippen molar-refractivity contribution in [1.82, 2.24) is 29.2 Å². The number of amides is 1. The van der Waals surface area contributed by atoms with Gasteiger partial charge in [-0.1, -0.05) is 19.6 Å². The van der Waals surface area contributed by atoms with E-state index in [9.17, 15) is 9.90 Å². The average molecular weight is 507 g/mol. The van der Waals surface area contributed by atoms with Crippen molar-refractivity contribution in [2.45, 2.75) is 38.5 Å². The van der Waals surface area contributed by atoms with Gasteiger partial charge in [-0.3, -0.25) is 14.5 Å². The largest absolute Gasteiger partial charge is 0.378 e. The Morgan fingerprint density at radius 3 is 2.58 bits per heavy atom. The summed E-state index contributed by atoms with van der Waals surface area (Å²) in [5.41, 5.74) is 4.82. The van der Waals surface area contributed by atoms with Crippen LogP contribution < -0.4 is 0 Å². The van der Waals surface area contributed by atoms with Crippen molar-refractivity contribution in [1.29, 1.82) is 0 Å². The lowest BCUT2D eigenvalue weighted by Gasteiger charge is -2.16. The summed E-state index contributed by atoms with van der Waals surface area (Å²) in [6.07, 6.45) is 7.56. The topological polar surface area (TPSA) is 98.3 Å². The Morgan fingerprint density at radius 1 is 1.17 bits per heavy atom. The predicted molar refractivity (Wildman–Crippen MR) is 143 cm³/mol. The molecule has 0 fully saturated rings. The first-order valence-corrected chi connectivity index (χ1v) is 15.7.